The molecule has 0 spiro atoms. The van der Waals surface area contributed by atoms with Crippen LogP contribution < -0.4 is 9.62 Å². The van der Waals surface area contributed by atoms with E-state index in [4.69, 9.17) is 23.2 Å². The van der Waals surface area contributed by atoms with Gasteiger partial charge in [0.1, 0.15) is 12.6 Å². The zero-order valence-corrected chi connectivity index (χ0v) is 24.9. The standard InChI is InChI=1S/C29H33Cl2N3O4S/c1-19(2)32-29(36)22(5)33(17-23-8-6-7-21(4)15-23)28(35)18-34(24-11-14-26(30)27(31)16-24)39(37,38)25-12-9-20(3)10-13-25/h6-16,19,22H,17-18H2,1-5H3,(H,32,36)/t22-/m0/s1. The summed E-state index contributed by atoms with van der Waals surface area (Å²) in [6.07, 6.45) is 0. The van der Waals surface area contributed by atoms with E-state index in [1.165, 1.54) is 35.2 Å². The summed E-state index contributed by atoms with van der Waals surface area (Å²) in [6.45, 7) is 8.64. The smallest absolute Gasteiger partial charge is 0.264 e. The molecule has 208 valence electrons. The van der Waals surface area contributed by atoms with Crippen LogP contribution in [0.2, 0.25) is 10.0 Å². The second-order valence-corrected chi connectivity index (χ2v) is 12.4. The van der Waals surface area contributed by atoms with E-state index in [-0.39, 0.29) is 39.1 Å². The molecular formula is C29H33Cl2N3O4S. The molecule has 2 amide bonds. The van der Waals surface area contributed by atoms with Crippen LogP contribution in [0.1, 0.15) is 37.5 Å². The second-order valence-electron chi connectivity index (χ2n) is 9.77. The summed E-state index contributed by atoms with van der Waals surface area (Å²) in [4.78, 5) is 28.3. The number of sulfonamides is 1. The molecule has 0 fully saturated rings. The van der Waals surface area contributed by atoms with Gasteiger partial charge in [0, 0.05) is 12.6 Å². The fourth-order valence-electron chi connectivity index (χ4n) is 4.00. The molecule has 1 N–H and O–H groups in total. The van der Waals surface area contributed by atoms with E-state index >= 15 is 0 Å². The highest BCUT2D eigenvalue weighted by Crippen LogP contribution is 2.31. The third-order valence-electron chi connectivity index (χ3n) is 6.11. The van der Waals surface area contributed by atoms with Gasteiger partial charge in [0.25, 0.3) is 10.0 Å². The molecule has 39 heavy (non-hydrogen) atoms. The van der Waals surface area contributed by atoms with Gasteiger partial charge in [-0.25, -0.2) is 8.42 Å². The van der Waals surface area contributed by atoms with Crippen LogP contribution in [0.15, 0.2) is 71.6 Å². The van der Waals surface area contributed by atoms with E-state index < -0.39 is 28.5 Å². The molecule has 7 nitrogen and oxygen atoms in total. The highest BCUT2D eigenvalue weighted by Gasteiger charge is 2.33. The molecule has 0 aliphatic heterocycles. The van der Waals surface area contributed by atoms with Gasteiger partial charge < -0.3 is 10.2 Å². The molecular weight excluding hydrogens is 557 g/mol. The summed E-state index contributed by atoms with van der Waals surface area (Å²) in [5.41, 5.74) is 2.88. The quantitative estimate of drug-likeness (QED) is 0.326. The monoisotopic (exact) mass is 589 g/mol. The summed E-state index contributed by atoms with van der Waals surface area (Å²) in [5.74, 6) is -0.891. The first-order valence-corrected chi connectivity index (χ1v) is 14.7. The van der Waals surface area contributed by atoms with Crippen molar-refractivity contribution in [3.05, 3.63) is 93.5 Å². The van der Waals surface area contributed by atoms with E-state index in [1.54, 1.807) is 19.1 Å². The maximum atomic E-state index is 13.9. The number of carbonyl (C=O) groups excluding carboxylic acids is 2. The Labute approximate surface area is 240 Å². The van der Waals surface area contributed by atoms with Crippen molar-refractivity contribution in [2.24, 2.45) is 0 Å². The van der Waals surface area contributed by atoms with Gasteiger partial charge in [0.2, 0.25) is 11.8 Å². The maximum Gasteiger partial charge on any atom is 0.264 e. The summed E-state index contributed by atoms with van der Waals surface area (Å²) in [5, 5.41) is 3.23. The third kappa shape index (κ3) is 7.75. The number of hydrogen-bond acceptors (Lipinski definition) is 4. The number of halogens is 2. The Balaban J connectivity index is 2.06. The maximum absolute atomic E-state index is 13.9. The first-order valence-electron chi connectivity index (χ1n) is 12.5. The van der Waals surface area contributed by atoms with Gasteiger partial charge in [-0.3, -0.25) is 13.9 Å². The van der Waals surface area contributed by atoms with E-state index in [1.807, 2.05) is 52.0 Å². The minimum atomic E-state index is -4.19. The lowest BCUT2D eigenvalue weighted by atomic mass is 10.1. The van der Waals surface area contributed by atoms with Gasteiger partial charge >= 0.3 is 0 Å². The number of benzene rings is 3. The van der Waals surface area contributed by atoms with Crippen LogP contribution in [0.25, 0.3) is 0 Å². The molecule has 0 bridgehead atoms. The van der Waals surface area contributed by atoms with Crippen LogP contribution in [-0.4, -0.2) is 43.8 Å². The lowest BCUT2D eigenvalue weighted by Gasteiger charge is -2.32. The number of nitrogens with zero attached hydrogens (tertiary/aromatic N) is 2. The van der Waals surface area contributed by atoms with Gasteiger partial charge in [0.15, 0.2) is 0 Å². The second kappa shape index (κ2) is 12.9. The zero-order valence-electron chi connectivity index (χ0n) is 22.6. The molecule has 0 saturated carbocycles. The van der Waals surface area contributed by atoms with Crippen molar-refractivity contribution >= 4 is 50.7 Å². The minimum Gasteiger partial charge on any atom is -0.352 e. The summed E-state index contributed by atoms with van der Waals surface area (Å²) < 4.78 is 28.7. The van der Waals surface area contributed by atoms with Crippen molar-refractivity contribution < 1.29 is 18.0 Å². The van der Waals surface area contributed by atoms with Crippen molar-refractivity contribution in [1.82, 2.24) is 10.2 Å². The third-order valence-corrected chi connectivity index (χ3v) is 8.64. The molecule has 0 saturated heterocycles. The molecule has 0 aromatic heterocycles. The lowest BCUT2D eigenvalue weighted by molar-refractivity contribution is -0.139. The Kier molecular flexibility index (Phi) is 10.0. The first kappa shape index (κ1) is 30.5. The fourth-order valence-corrected chi connectivity index (χ4v) is 5.70. The predicted octanol–water partition coefficient (Wildman–Crippen LogP) is 5.75. The molecule has 3 rings (SSSR count). The Morgan fingerprint density at radius 1 is 0.872 bits per heavy atom. The number of nitrogens with one attached hydrogen (secondary N) is 1. The average molecular weight is 591 g/mol. The molecule has 0 heterocycles. The van der Waals surface area contributed by atoms with E-state index in [2.05, 4.69) is 5.32 Å². The van der Waals surface area contributed by atoms with E-state index in [9.17, 15) is 18.0 Å². The van der Waals surface area contributed by atoms with Crippen molar-refractivity contribution in [2.75, 3.05) is 10.8 Å². The Bertz CT molecular complexity index is 1440. The van der Waals surface area contributed by atoms with Gasteiger partial charge in [0.05, 0.1) is 20.6 Å². The molecule has 10 heteroatoms. The summed E-state index contributed by atoms with van der Waals surface area (Å²) >= 11 is 12.3. The minimum absolute atomic E-state index is 0.0165. The molecule has 0 aliphatic carbocycles. The highest BCUT2D eigenvalue weighted by molar-refractivity contribution is 7.92. The van der Waals surface area contributed by atoms with Crippen LogP contribution in [-0.2, 0) is 26.2 Å². The molecule has 0 aliphatic rings. The summed E-state index contributed by atoms with van der Waals surface area (Å²) in [7, 11) is -4.19. The molecule has 0 unspecified atom stereocenters. The molecule has 1 atom stereocenters. The Morgan fingerprint density at radius 2 is 1.54 bits per heavy atom. The number of aryl methyl sites for hydroxylation is 2. The number of rotatable bonds is 10. The van der Waals surface area contributed by atoms with Crippen molar-refractivity contribution in [1.29, 1.82) is 0 Å². The number of amides is 2. The highest BCUT2D eigenvalue weighted by atomic mass is 35.5. The zero-order chi connectivity index (χ0) is 28.9. The van der Waals surface area contributed by atoms with E-state index in [0.29, 0.717) is 0 Å². The Hall–Kier alpha value is -3.07. The largest absolute Gasteiger partial charge is 0.352 e. The predicted molar refractivity (Wildman–Crippen MR) is 157 cm³/mol. The van der Waals surface area contributed by atoms with Gasteiger partial charge in [-0.2, -0.15) is 0 Å². The van der Waals surface area contributed by atoms with Gasteiger partial charge in [-0.1, -0.05) is 70.7 Å². The topological polar surface area (TPSA) is 86.8 Å². The van der Waals surface area contributed by atoms with Crippen molar-refractivity contribution in [2.45, 2.75) is 58.1 Å². The fraction of sp³-hybridized carbons (Fsp3) is 0.310. The van der Waals surface area contributed by atoms with Crippen molar-refractivity contribution in [3.63, 3.8) is 0 Å². The van der Waals surface area contributed by atoms with Crippen molar-refractivity contribution in [3.8, 4) is 0 Å². The average Bonchev–Trinajstić information content (AvgIpc) is 2.87. The van der Waals surface area contributed by atoms with Gasteiger partial charge in [-0.15, -0.1) is 0 Å². The van der Waals surface area contributed by atoms with Crippen LogP contribution in [0, 0.1) is 13.8 Å². The SMILES string of the molecule is Cc1ccc(S(=O)(=O)N(CC(=O)N(Cc2cccc(C)c2)[C@@H](C)C(=O)NC(C)C)c2ccc(Cl)c(Cl)c2)cc1. The number of anilines is 1. The molecule has 3 aromatic rings. The summed E-state index contributed by atoms with van der Waals surface area (Å²) in [6, 6.07) is 17.3. The lowest BCUT2D eigenvalue weighted by Crippen LogP contribution is -2.52. The first-order chi connectivity index (χ1) is 18.3. The van der Waals surface area contributed by atoms with Crippen LogP contribution in [0.5, 0.6) is 0 Å². The molecule has 0 radical (unpaired) electrons. The normalized spacial score (nSPS) is 12.2. The number of carbonyl (C=O) groups is 2. The Morgan fingerprint density at radius 3 is 2.13 bits per heavy atom. The van der Waals surface area contributed by atoms with Crippen LogP contribution in [0.3, 0.4) is 0 Å². The van der Waals surface area contributed by atoms with E-state index in [0.717, 1.165) is 21.0 Å². The number of hydrogen-bond donors (Lipinski definition) is 1. The van der Waals surface area contributed by atoms with Gasteiger partial charge in [-0.05, 0) is 70.5 Å². The van der Waals surface area contributed by atoms with Crippen LogP contribution in [0.4, 0.5) is 5.69 Å². The molecule has 3 aromatic carbocycles. The van der Waals surface area contributed by atoms with Crippen LogP contribution >= 0.6 is 23.2 Å².